The van der Waals surface area contributed by atoms with Gasteiger partial charge in [-0.3, -0.25) is 0 Å². The van der Waals surface area contributed by atoms with Gasteiger partial charge < -0.3 is 10.6 Å². The molecule has 0 heterocycles. The topological polar surface area (TPSA) is 64.7 Å². The summed E-state index contributed by atoms with van der Waals surface area (Å²) in [5.41, 5.74) is 5.93. The lowest BCUT2D eigenvalue weighted by Gasteiger charge is -2.04. The number of rotatable bonds is 3. The van der Waals surface area contributed by atoms with Crippen LogP contribution in [0.2, 0.25) is 0 Å². The van der Waals surface area contributed by atoms with Gasteiger partial charge in [-0.25, -0.2) is 4.79 Å². The number of nitrogens with two attached hydrogens (primary N) is 1. The highest BCUT2D eigenvalue weighted by atomic mass is 16.7. The summed E-state index contributed by atoms with van der Waals surface area (Å²) >= 11 is 0. The van der Waals surface area contributed by atoms with E-state index < -0.39 is 0 Å². The summed E-state index contributed by atoms with van der Waals surface area (Å²) in [7, 11) is 0. The minimum absolute atomic E-state index is 0.0642. The van der Waals surface area contributed by atoms with Gasteiger partial charge in [-0.15, -0.1) is 0 Å². The first-order valence-corrected chi connectivity index (χ1v) is 4.68. The lowest BCUT2D eigenvalue weighted by atomic mass is 10.1. The molecule has 74 valence electrons. The van der Waals surface area contributed by atoms with E-state index >= 15 is 0 Å². The van der Waals surface area contributed by atoms with E-state index in [1.54, 1.807) is 6.92 Å². The second-order valence-electron chi connectivity index (χ2n) is 3.42. The van der Waals surface area contributed by atoms with Gasteiger partial charge in [-0.05, 0) is 19.8 Å². The van der Waals surface area contributed by atoms with Crippen molar-refractivity contribution in [3.8, 4) is 0 Å². The molecule has 0 aromatic carbocycles. The lowest BCUT2D eigenvalue weighted by Crippen LogP contribution is -2.15. The predicted molar refractivity (Wildman–Crippen MR) is 50.2 cm³/mol. The maximum absolute atomic E-state index is 11.3. The molecule has 0 aromatic heterocycles. The van der Waals surface area contributed by atoms with Gasteiger partial charge in [-0.1, -0.05) is 18.0 Å². The fraction of sp³-hybridized carbons (Fsp3) is 0.778. The van der Waals surface area contributed by atoms with E-state index in [9.17, 15) is 4.79 Å². The molecule has 2 N–H and O–H groups in total. The van der Waals surface area contributed by atoms with Crippen molar-refractivity contribution in [1.82, 2.24) is 0 Å². The molecule has 13 heavy (non-hydrogen) atoms. The van der Waals surface area contributed by atoms with Gasteiger partial charge in [-0.2, -0.15) is 0 Å². The second kappa shape index (κ2) is 4.97. The van der Waals surface area contributed by atoms with Crippen LogP contribution >= 0.6 is 0 Å². The van der Waals surface area contributed by atoms with Crippen LogP contribution in [0.4, 0.5) is 0 Å². The maximum Gasteiger partial charge on any atom is 0.338 e. The molecular weight excluding hydrogens is 168 g/mol. The van der Waals surface area contributed by atoms with Crippen molar-refractivity contribution in [3.63, 3.8) is 0 Å². The zero-order valence-electron chi connectivity index (χ0n) is 7.95. The van der Waals surface area contributed by atoms with E-state index in [2.05, 4.69) is 5.16 Å². The quantitative estimate of drug-likeness (QED) is 0.405. The van der Waals surface area contributed by atoms with Crippen LogP contribution in [0.5, 0.6) is 0 Å². The Morgan fingerprint density at radius 3 is 2.69 bits per heavy atom. The fourth-order valence-corrected chi connectivity index (χ4v) is 1.40. The van der Waals surface area contributed by atoms with Crippen LogP contribution in [0.3, 0.4) is 0 Å². The number of carbonyl (C=O) groups is 1. The van der Waals surface area contributed by atoms with Gasteiger partial charge >= 0.3 is 5.97 Å². The van der Waals surface area contributed by atoms with Crippen molar-refractivity contribution in [2.45, 2.75) is 32.6 Å². The molecule has 0 amide bonds. The molecule has 1 saturated carbocycles. The van der Waals surface area contributed by atoms with Crippen molar-refractivity contribution in [2.75, 3.05) is 6.54 Å². The summed E-state index contributed by atoms with van der Waals surface area (Å²) in [5.74, 6) is -0.139. The third-order valence-electron chi connectivity index (χ3n) is 2.28. The average molecular weight is 184 g/mol. The number of hydrogen-bond donors (Lipinski definition) is 1. The van der Waals surface area contributed by atoms with Gasteiger partial charge in [0.25, 0.3) is 0 Å². The molecular formula is C9H16N2O2. The van der Waals surface area contributed by atoms with E-state index in [0.29, 0.717) is 12.3 Å². The van der Waals surface area contributed by atoms with E-state index in [1.165, 1.54) is 0 Å². The first-order chi connectivity index (χ1) is 6.24. The Morgan fingerprint density at radius 1 is 1.54 bits per heavy atom. The molecule has 4 nitrogen and oxygen atoms in total. The fourth-order valence-electron chi connectivity index (χ4n) is 1.40. The van der Waals surface area contributed by atoms with Crippen LogP contribution in [-0.2, 0) is 9.63 Å². The van der Waals surface area contributed by atoms with Gasteiger partial charge in [0.15, 0.2) is 0 Å². The molecule has 1 fully saturated rings. The minimum Gasteiger partial charge on any atom is -0.325 e. The predicted octanol–water partition coefficient (Wildman–Crippen LogP) is 1.05. The Hall–Kier alpha value is -0.900. The van der Waals surface area contributed by atoms with Gasteiger partial charge in [0.05, 0.1) is 11.6 Å². The van der Waals surface area contributed by atoms with Gasteiger partial charge in [0.2, 0.25) is 0 Å². The maximum atomic E-state index is 11.3. The summed E-state index contributed by atoms with van der Waals surface area (Å²) in [4.78, 5) is 16.0. The first kappa shape index (κ1) is 10.2. The largest absolute Gasteiger partial charge is 0.338 e. The Kier molecular flexibility index (Phi) is 3.89. The molecule has 0 bridgehead atoms. The normalized spacial score (nSPS) is 19.1. The molecule has 0 aromatic rings. The molecule has 1 aliphatic rings. The Bertz CT molecular complexity index is 208. The molecule has 0 spiro atoms. The number of hydrogen-bond acceptors (Lipinski definition) is 4. The van der Waals surface area contributed by atoms with Crippen LogP contribution in [-0.4, -0.2) is 18.2 Å². The van der Waals surface area contributed by atoms with Crippen LogP contribution in [0.1, 0.15) is 32.6 Å². The monoisotopic (exact) mass is 184 g/mol. The van der Waals surface area contributed by atoms with Gasteiger partial charge in [0, 0.05) is 6.54 Å². The van der Waals surface area contributed by atoms with Crippen molar-refractivity contribution >= 4 is 11.7 Å². The van der Waals surface area contributed by atoms with Crippen LogP contribution in [0.15, 0.2) is 5.16 Å². The molecule has 0 aliphatic heterocycles. The Balaban J connectivity index is 2.32. The molecule has 0 unspecified atom stereocenters. The van der Waals surface area contributed by atoms with Crippen LogP contribution in [0, 0.1) is 5.92 Å². The van der Waals surface area contributed by atoms with E-state index in [4.69, 9.17) is 10.6 Å². The van der Waals surface area contributed by atoms with Crippen molar-refractivity contribution in [2.24, 2.45) is 16.8 Å². The molecule has 0 saturated heterocycles. The first-order valence-electron chi connectivity index (χ1n) is 4.68. The van der Waals surface area contributed by atoms with E-state index in [-0.39, 0.29) is 11.9 Å². The van der Waals surface area contributed by atoms with Crippen LogP contribution in [0.25, 0.3) is 0 Å². The zero-order valence-corrected chi connectivity index (χ0v) is 7.95. The Morgan fingerprint density at radius 2 is 2.15 bits per heavy atom. The molecule has 0 atom stereocenters. The molecule has 1 aliphatic carbocycles. The van der Waals surface area contributed by atoms with Crippen LogP contribution < -0.4 is 5.73 Å². The second-order valence-corrected chi connectivity index (χ2v) is 3.42. The van der Waals surface area contributed by atoms with E-state index in [0.717, 1.165) is 25.7 Å². The van der Waals surface area contributed by atoms with E-state index in [1.807, 2.05) is 0 Å². The Labute approximate surface area is 78.1 Å². The summed E-state index contributed by atoms with van der Waals surface area (Å²) in [6, 6.07) is 0. The highest BCUT2D eigenvalue weighted by molar-refractivity contribution is 5.84. The minimum atomic E-state index is -0.203. The van der Waals surface area contributed by atoms with Crippen molar-refractivity contribution in [3.05, 3.63) is 0 Å². The summed E-state index contributed by atoms with van der Waals surface area (Å²) in [6.07, 6.45) is 4.13. The summed E-state index contributed by atoms with van der Waals surface area (Å²) in [5, 5.41) is 3.63. The smallest absolute Gasteiger partial charge is 0.325 e. The molecule has 4 heteroatoms. The highest BCUT2D eigenvalue weighted by Gasteiger charge is 2.24. The number of carbonyl (C=O) groups excluding carboxylic acids is 1. The highest BCUT2D eigenvalue weighted by Crippen LogP contribution is 2.25. The summed E-state index contributed by atoms with van der Waals surface area (Å²) < 4.78 is 0. The van der Waals surface area contributed by atoms with Crippen molar-refractivity contribution in [1.29, 1.82) is 0 Å². The molecule has 1 rings (SSSR count). The standard InChI is InChI=1S/C9H16N2O2/c1-7(6-10)11-13-9(12)8-4-2-3-5-8/h8H,2-6,10H2,1H3. The number of oxime groups is 1. The molecule has 0 radical (unpaired) electrons. The third kappa shape index (κ3) is 3.14. The summed E-state index contributed by atoms with van der Waals surface area (Å²) in [6.45, 7) is 2.07. The SMILES string of the molecule is CC(CN)=NOC(=O)C1CCCC1. The van der Waals surface area contributed by atoms with Crippen molar-refractivity contribution < 1.29 is 9.63 Å². The lowest BCUT2D eigenvalue weighted by molar-refractivity contribution is -0.148. The average Bonchev–Trinajstić information content (AvgIpc) is 2.66. The third-order valence-corrected chi connectivity index (χ3v) is 2.28. The number of nitrogens with zero attached hydrogens (tertiary/aromatic N) is 1. The zero-order chi connectivity index (χ0) is 9.68. The van der Waals surface area contributed by atoms with Gasteiger partial charge in [0.1, 0.15) is 0 Å².